The van der Waals surface area contributed by atoms with Crippen molar-refractivity contribution in [3.63, 3.8) is 0 Å². The maximum Gasteiger partial charge on any atom is 0.255 e. The van der Waals surface area contributed by atoms with Gasteiger partial charge in [-0.3, -0.25) is 4.79 Å². The van der Waals surface area contributed by atoms with Crippen molar-refractivity contribution in [1.29, 1.82) is 0 Å². The van der Waals surface area contributed by atoms with Crippen molar-refractivity contribution in [2.45, 2.75) is 13.0 Å². The van der Waals surface area contributed by atoms with Crippen LogP contribution in [-0.2, 0) is 0 Å². The van der Waals surface area contributed by atoms with Crippen LogP contribution in [0.1, 0.15) is 28.9 Å². The van der Waals surface area contributed by atoms with E-state index in [0.29, 0.717) is 5.56 Å². The molecule has 2 rings (SSSR count). The van der Waals surface area contributed by atoms with Crippen LogP contribution in [0.5, 0.6) is 11.5 Å². The minimum absolute atomic E-state index is 0.0281. The third-order valence-corrected chi connectivity index (χ3v) is 2.17. The summed E-state index contributed by atoms with van der Waals surface area (Å²) in [6.07, 6.45) is 0. The van der Waals surface area contributed by atoms with Crippen molar-refractivity contribution in [3.8, 4) is 11.5 Å². The summed E-state index contributed by atoms with van der Waals surface area (Å²) in [5.41, 5.74) is 0.910. The summed E-state index contributed by atoms with van der Waals surface area (Å²) < 4.78 is 0. The number of carbonyl (C=O) groups is 1. The summed E-state index contributed by atoms with van der Waals surface area (Å²) in [4.78, 5) is 11.3. The molecule has 0 aliphatic carbocycles. The quantitative estimate of drug-likeness (QED) is 0.554. The Kier molecular flexibility index (Phi) is 1.45. The molecule has 0 aromatic heterocycles. The number of aromatic hydroxyl groups is 2. The summed E-state index contributed by atoms with van der Waals surface area (Å²) in [5.74, 6) is -0.489. The molecule has 0 fully saturated rings. The lowest BCUT2D eigenvalue weighted by atomic mass is 10.0. The van der Waals surface area contributed by atoms with Gasteiger partial charge >= 0.3 is 0 Å². The Labute approximate surface area is 74.8 Å². The highest BCUT2D eigenvalue weighted by Gasteiger charge is 2.28. The third kappa shape index (κ3) is 1.02. The van der Waals surface area contributed by atoms with Crippen LogP contribution in [-0.4, -0.2) is 16.1 Å². The Morgan fingerprint density at radius 1 is 1.38 bits per heavy atom. The predicted molar refractivity (Wildman–Crippen MR) is 45.7 cm³/mol. The molecule has 3 N–H and O–H groups in total. The summed E-state index contributed by atoms with van der Waals surface area (Å²) >= 11 is 0. The Hall–Kier alpha value is -1.71. The molecule has 0 unspecified atom stereocenters. The van der Waals surface area contributed by atoms with Crippen molar-refractivity contribution in [2.75, 3.05) is 0 Å². The lowest BCUT2D eigenvalue weighted by molar-refractivity contribution is 0.0956. The predicted octanol–water partition coefficient (Wildman–Crippen LogP) is 0.902. The highest BCUT2D eigenvalue weighted by Crippen LogP contribution is 2.34. The first-order valence-corrected chi connectivity index (χ1v) is 3.96. The highest BCUT2D eigenvalue weighted by atomic mass is 16.3. The molecular formula is C9H9NO3. The van der Waals surface area contributed by atoms with Gasteiger partial charge in [0.25, 0.3) is 5.91 Å². The van der Waals surface area contributed by atoms with Gasteiger partial charge < -0.3 is 15.5 Å². The number of benzene rings is 1. The fourth-order valence-electron chi connectivity index (χ4n) is 1.57. The monoisotopic (exact) mass is 179 g/mol. The number of rotatable bonds is 0. The van der Waals surface area contributed by atoms with E-state index in [4.69, 9.17) is 0 Å². The van der Waals surface area contributed by atoms with Crippen LogP contribution < -0.4 is 5.32 Å². The Balaban J connectivity index is 2.69. The molecule has 1 aliphatic rings. The maximum atomic E-state index is 11.3. The first kappa shape index (κ1) is 7.91. The fraction of sp³-hybridized carbons (Fsp3) is 0.222. The van der Waals surface area contributed by atoms with Crippen molar-refractivity contribution >= 4 is 5.91 Å². The number of amides is 1. The van der Waals surface area contributed by atoms with Crippen LogP contribution in [0.25, 0.3) is 0 Å². The van der Waals surface area contributed by atoms with Crippen molar-refractivity contribution in [2.24, 2.45) is 0 Å². The molecule has 0 saturated carbocycles. The van der Waals surface area contributed by atoms with Gasteiger partial charge in [0.2, 0.25) is 0 Å². The zero-order valence-corrected chi connectivity index (χ0v) is 7.03. The molecule has 0 spiro atoms. The summed E-state index contributed by atoms with van der Waals surface area (Å²) in [5, 5.41) is 21.2. The Bertz CT molecular complexity index is 387. The highest BCUT2D eigenvalue weighted by molar-refractivity contribution is 6.01. The molecule has 1 aliphatic heterocycles. The van der Waals surface area contributed by atoms with Gasteiger partial charge in [-0.1, -0.05) is 0 Å². The number of phenols is 2. The molecular weight excluding hydrogens is 170 g/mol. The Morgan fingerprint density at radius 3 is 2.77 bits per heavy atom. The summed E-state index contributed by atoms with van der Waals surface area (Å²) in [6, 6.07) is 2.49. The minimum atomic E-state index is -0.292. The van der Waals surface area contributed by atoms with Gasteiger partial charge in [0.05, 0.1) is 11.6 Å². The van der Waals surface area contributed by atoms with E-state index in [1.54, 1.807) is 6.92 Å². The lowest BCUT2D eigenvalue weighted by Gasteiger charge is -2.04. The fourth-order valence-corrected chi connectivity index (χ4v) is 1.57. The van der Waals surface area contributed by atoms with Crippen LogP contribution in [0.3, 0.4) is 0 Å². The van der Waals surface area contributed by atoms with Gasteiger partial charge in [-0.05, 0) is 18.6 Å². The van der Waals surface area contributed by atoms with E-state index in [1.165, 1.54) is 6.07 Å². The first-order valence-electron chi connectivity index (χ1n) is 3.96. The van der Waals surface area contributed by atoms with Crippen molar-refractivity contribution < 1.29 is 15.0 Å². The first-order chi connectivity index (χ1) is 6.09. The van der Waals surface area contributed by atoms with Crippen LogP contribution in [0.4, 0.5) is 0 Å². The van der Waals surface area contributed by atoms with Gasteiger partial charge in [-0.25, -0.2) is 0 Å². The van der Waals surface area contributed by atoms with Crippen LogP contribution in [0, 0.1) is 0 Å². The number of hydrogen-bond donors (Lipinski definition) is 3. The molecule has 4 heteroatoms. The second kappa shape index (κ2) is 2.39. The van der Waals surface area contributed by atoms with Crippen molar-refractivity contribution in [3.05, 3.63) is 23.3 Å². The number of fused-ring (bicyclic) bond motifs is 1. The van der Waals surface area contributed by atoms with E-state index >= 15 is 0 Å². The van der Waals surface area contributed by atoms with E-state index in [1.807, 2.05) is 0 Å². The average Bonchev–Trinajstić information content (AvgIpc) is 2.27. The van der Waals surface area contributed by atoms with E-state index < -0.39 is 0 Å². The molecule has 4 nitrogen and oxygen atoms in total. The molecule has 0 bridgehead atoms. The Morgan fingerprint density at radius 2 is 2.08 bits per heavy atom. The molecule has 0 radical (unpaired) electrons. The average molecular weight is 179 g/mol. The molecule has 0 saturated heterocycles. The molecule has 68 valence electrons. The molecule has 1 aromatic rings. The number of nitrogens with one attached hydrogen (secondary N) is 1. The van der Waals surface area contributed by atoms with Crippen LogP contribution >= 0.6 is 0 Å². The van der Waals surface area contributed by atoms with E-state index in [9.17, 15) is 15.0 Å². The lowest BCUT2D eigenvalue weighted by Crippen LogP contribution is -2.16. The minimum Gasteiger partial charge on any atom is -0.508 e. The van der Waals surface area contributed by atoms with E-state index in [2.05, 4.69) is 5.32 Å². The van der Waals surface area contributed by atoms with Crippen molar-refractivity contribution in [1.82, 2.24) is 5.32 Å². The molecule has 1 atom stereocenters. The molecule has 1 heterocycles. The molecule has 1 aromatic carbocycles. The van der Waals surface area contributed by atoms with Crippen LogP contribution in [0.2, 0.25) is 0 Å². The van der Waals surface area contributed by atoms with Crippen LogP contribution in [0.15, 0.2) is 12.1 Å². The smallest absolute Gasteiger partial charge is 0.255 e. The van der Waals surface area contributed by atoms with Gasteiger partial charge in [0.15, 0.2) is 0 Å². The van der Waals surface area contributed by atoms with E-state index in [0.717, 1.165) is 6.07 Å². The van der Waals surface area contributed by atoms with Gasteiger partial charge in [0, 0.05) is 6.07 Å². The largest absolute Gasteiger partial charge is 0.508 e. The zero-order chi connectivity index (χ0) is 9.59. The zero-order valence-electron chi connectivity index (χ0n) is 7.03. The SMILES string of the molecule is C[C@H]1NC(=O)c2c(O)cc(O)cc21. The standard InChI is InChI=1S/C9H9NO3/c1-4-6-2-5(11)3-7(12)8(6)9(13)10-4/h2-4,11-12H,1H3,(H,10,13)/t4-/m1/s1. The van der Waals surface area contributed by atoms with Gasteiger partial charge in [-0.15, -0.1) is 0 Å². The molecule has 1 amide bonds. The topological polar surface area (TPSA) is 69.6 Å². The third-order valence-electron chi connectivity index (χ3n) is 2.17. The van der Waals surface area contributed by atoms with Gasteiger partial charge in [-0.2, -0.15) is 0 Å². The molecule has 13 heavy (non-hydrogen) atoms. The summed E-state index contributed by atoms with van der Waals surface area (Å²) in [6.45, 7) is 1.79. The second-order valence-corrected chi connectivity index (χ2v) is 3.12. The number of phenolic OH excluding ortho intramolecular Hbond substituents is 2. The second-order valence-electron chi connectivity index (χ2n) is 3.12. The summed E-state index contributed by atoms with van der Waals surface area (Å²) in [7, 11) is 0. The van der Waals surface area contributed by atoms with E-state index in [-0.39, 0.29) is 29.0 Å². The van der Waals surface area contributed by atoms with Gasteiger partial charge in [0.1, 0.15) is 11.5 Å². The normalized spacial score (nSPS) is 19.8. The number of hydrogen-bond acceptors (Lipinski definition) is 3. The number of carbonyl (C=O) groups excluding carboxylic acids is 1. The maximum absolute atomic E-state index is 11.3.